The molecule has 0 saturated carbocycles. The van der Waals surface area contributed by atoms with Crippen LogP contribution in [0.4, 0.5) is 0 Å². The quantitative estimate of drug-likeness (QED) is 0.883. The van der Waals surface area contributed by atoms with Gasteiger partial charge in [0.25, 0.3) is 5.56 Å². The molecular formula is C16H19NO4. The van der Waals surface area contributed by atoms with E-state index in [-0.39, 0.29) is 5.56 Å². The number of aliphatic hydroxyl groups is 1. The standard InChI is InChI=1S/C16H19NO4/c1-12(18)13-6-7-14(15(11-13)20-2)21-10-9-17-8-4-3-5-16(17)19/h3-8,11-12,18H,9-10H2,1-2H3/t12-/m1/s1. The van der Waals surface area contributed by atoms with Crippen molar-refractivity contribution in [3.63, 3.8) is 0 Å². The Hall–Kier alpha value is -2.27. The van der Waals surface area contributed by atoms with Crippen molar-refractivity contribution in [2.24, 2.45) is 0 Å². The predicted molar refractivity (Wildman–Crippen MR) is 79.8 cm³/mol. The molecule has 1 heterocycles. The molecule has 0 amide bonds. The van der Waals surface area contributed by atoms with E-state index in [0.717, 1.165) is 5.56 Å². The molecule has 0 saturated heterocycles. The SMILES string of the molecule is COc1cc([C@@H](C)O)ccc1OCCn1ccccc1=O. The number of hydrogen-bond donors (Lipinski definition) is 1. The highest BCUT2D eigenvalue weighted by molar-refractivity contribution is 5.43. The molecule has 5 nitrogen and oxygen atoms in total. The minimum Gasteiger partial charge on any atom is -0.493 e. The van der Waals surface area contributed by atoms with E-state index in [4.69, 9.17) is 9.47 Å². The summed E-state index contributed by atoms with van der Waals surface area (Å²) in [6.45, 7) is 2.51. The molecule has 0 aliphatic carbocycles. The second kappa shape index (κ2) is 6.95. The number of nitrogens with zero attached hydrogens (tertiary/aromatic N) is 1. The van der Waals surface area contributed by atoms with Crippen molar-refractivity contribution >= 4 is 0 Å². The van der Waals surface area contributed by atoms with E-state index in [1.807, 2.05) is 0 Å². The zero-order valence-corrected chi connectivity index (χ0v) is 12.2. The molecule has 0 bridgehead atoms. The maximum atomic E-state index is 11.6. The Bertz CT molecular complexity index is 649. The average molecular weight is 289 g/mol. The molecule has 112 valence electrons. The van der Waals surface area contributed by atoms with Crippen LogP contribution in [-0.2, 0) is 6.54 Å². The van der Waals surface area contributed by atoms with Crippen molar-refractivity contribution in [1.82, 2.24) is 4.57 Å². The number of aliphatic hydroxyl groups excluding tert-OH is 1. The van der Waals surface area contributed by atoms with Gasteiger partial charge in [0.15, 0.2) is 11.5 Å². The van der Waals surface area contributed by atoms with Gasteiger partial charge < -0.3 is 19.1 Å². The summed E-state index contributed by atoms with van der Waals surface area (Å²) in [5.41, 5.74) is 0.705. The summed E-state index contributed by atoms with van der Waals surface area (Å²) < 4.78 is 12.5. The number of benzene rings is 1. The van der Waals surface area contributed by atoms with Crippen molar-refractivity contribution in [3.05, 3.63) is 58.5 Å². The molecular weight excluding hydrogens is 270 g/mol. The van der Waals surface area contributed by atoms with Gasteiger partial charge in [0.05, 0.1) is 19.8 Å². The van der Waals surface area contributed by atoms with Crippen molar-refractivity contribution in [2.75, 3.05) is 13.7 Å². The normalized spacial score (nSPS) is 12.0. The lowest BCUT2D eigenvalue weighted by atomic mass is 10.1. The molecule has 1 aromatic heterocycles. The molecule has 5 heteroatoms. The second-order valence-corrected chi connectivity index (χ2v) is 4.67. The van der Waals surface area contributed by atoms with Crippen LogP contribution in [0.1, 0.15) is 18.6 Å². The van der Waals surface area contributed by atoms with E-state index in [1.165, 1.54) is 6.07 Å². The van der Waals surface area contributed by atoms with Gasteiger partial charge in [-0.15, -0.1) is 0 Å². The number of hydrogen-bond acceptors (Lipinski definition) is 4. The van der Waals surface area contributed by atoms with E-state index < -0.39 is 6.10 Å². The van der Waals surface area contributed by atoms with Gasteiger partial charge in [-0.3, -0.25) is 4.79 Å². The Balaban J connectivity index is 2.03. The smallest absolute Gasteiger partial charge is 0.250 e. The lowest BCUT2D eigenvalue weighted by Crippen LogP contribution is -2.21. The molecule has 0 radical (unpaired) electrons. The van der Waals surface area contributed by atoms with Gasteiger partial charge in [0.2, 0.25) is 0 Å². The van der Waals surface area contributed by atoms with Gasteiger partial charge in [-0.2, -0.15) is 0 Å². The molecule has 21 heavy (non-hydrogen) atoms. The average Bonchev–Trinajstić information content (AvgIpc) is 2.49. The van der Waals surface area contributed by atoms with Crippen molar-refractivity contribution < 1.29 is 14.6 Å². The van der Waals surface area contributed by atoms with Crippen LogP contribution < -0.4 is 15.0 Å². The maximum Gasteiger partial charge on any atom is 0.250 e. The summed E-state index contributed by atoms with van der Waals surface area (Å²) >= 11 is 0. The molecule has 0 fully saturated rings. The third-order valence-corrected chi connectivity index (χ3v) is 3.16. The minimum absolute atomic E-state index is 0.0579. The Labute approximate surface area is 123 Å². The fourth-order valence-corrected chi connectivity index (χ4v) is 1.96. The summed E-state index contributed by atoms with van der Waals surface area (Å²) in [6.07, 6.45) is 1.16. The number of rotatable bonds is 6. The first-order valence-electron chi connectivity index (χ1n) is 6.76. The highest BCUT2D eigenvalue weighted by atomic mass is 16.5. The fraction of sp³-hybridized carbons (Fsp3) is 0.312. The molecule has 1 N–H and O–H groups in total. The second-order valence-electron chi connectivity index (χ2n) is 4.67. The number of methoxy groups -OCH3 is 1. The zero-order chi connectivity index (χ0) is 15.2. The van der Waals surface area contributed by atoms with Gasteiger partial charge in [0, 0.05) is 12.3 Å². The van der Waals surface area contributed by atoms with Crippen molar-refractivity contribution in [3.8, 4) is 11.5 Å². The lowest BCUT2D eigenvalue weighted by molar-refractivity contribution is 0.198. The van der Waals surface area contributed by atoms with Crippen molar-refractivity contribution in [1.29, 1.82) is 0 Å². The molecule has 0 aliphatic heterocycles. The summed E-state index contributed by atoms with van der Waals surface area (Å²) in [6, 6.07) is 10.3. The maximum absolute atomic E-state index is 11.6. The monoisotopic (exact) mass is 289 g/mol. The molecule has 0 spiro atoms. The van der Waals surface area contributed by atoms with Gasteiger partial charge >= 0.3 is 0 Å². The Kier molecular flexibility index (Phi) is 5.00. The van der Waals surface area contributed by atoms with E-state index in [9.17, 15) is 9.90 Å². The van der Waals surface area contributed by atoms with Gasteiger partial charge in [0.1, 0.15) is 6.61 Å². The van der Waals surface area contributed by atoms with Crippen LogP contribution in [-0.4, -0.2) is 23.4 Å². The van der Waals surface area contributed by atoms with E-state index >= 15 is 0 Å². The van der Waals surface area contributed by atoms with E-state index in [2.05, 4.69) is 0 Å². The first-order valence-corrected chi connectivity index (χ1v) is 6.76. The molecule has 0 aliphatic rings. The highest BCUT2D eigenvalue weighted by Gasteiger charge is 2.08. The molecule has 2 aromatic rings. The third kappa shape index (κ3) is 3.86. The molecule has 2 rings (SSSR count). The third-order valence-electron chi connectivity index (χ3n) is 3.16. The summed E-state index contributed by atoms with van der Waals surface area (Å²) in [4.78, 5) is 11.6. The van der Waals surface area contributed by atoms with Crippen LogP contribution in [0.15, 0.2) is 47.4 Å². The fourth-order valence-electron chi connectivity index (χ4n) is 1.96. The number of pyridine rings is 1. The Morgan fingerprint density at radius 1 is 1.24 bits per heavy atom. The highest BCUT2D eigenvalue weighted by Crippen LogP contribution is 2.30. The Morgan fingerprint density at radius 3 is 2.71 bits per heavy atom. The topological polar surface area (TPSA) is 60.7 Å². The Morgan fingerprint density at radius 2 is 2.05 bits per heavy atom. The lowest BCUT2D eigenvalue weighted by Gasteiger charge is -2.13. The molecule has 0 unspecified atom stereocenters. The van der Waals surface area contributed by atoms with Crippen LogP contribution in [0.25, 0.3) is 0 Å². The van der Waals surface area contributed by atoms with Crippen LogP contribution >= 0.6 is 0 Å². The van der Waals surface area contributed by atoms with Gasteiger partial charge in [-0.25, -0.2) is 0 Å². The number of ether oxygens (including phenoxy) is 2. The summed E-state index contributed by atoms with van der Waals surface area (Å²) in [5.74, 6) is 1.15. The summed E-state index contributed by atoms with van der Waals surface area (Å²) in [7, 11) is 1.55. The van der Waals surface area contributed by atoms with Gasteiger partial charge in [-0.1, -0.05) is 12.1 Å². The van der Waals surface area contributed by atoms with Crippen LogP contribution in [0.2, 0.25) is 0 Å². The predicted octanol–water partition coefficient (Wildman–Crippen LogP) is 1.99. The van der Waals surface area contributed by atoms with Crippen molar-refractivity contribution in [2.45, 2.75) is 19.6 Å². The first-order chi connectivity index (χ1) is 10.1. The largest absolute Gasteiger partial charge is 0.493 e. The molecule has 1 aromatic carbocycles. The minimum atomic E-state index is -0.559. The molecule has 1 atom stereocenters. The zero-order valence-electron chi connectivity index (χ0n) is 12.2. The van der Waals surface area contributed by atoms with Crippen LogP contribution in [0, 0.1) is 0 Å². The van der Waals surface area contributed by atoms with E-state index in [0.29, 0.717) is 24.7 Å². The number of aromatic nitrogens is 1. The first kappa shape index (κ1) is 15.1. The van der Waals surface area contributed by atoms with Crippen LogP contribution in [0.3, 0.4) is 0 Å². The van der Waals surface area contributed by atoms with Crippen LogP contribution in [0.5, 0.6) is 11.5 Å². The summed E-state index contributed by atoms with van der Waals surface area (Å²) in [5, 5.41) is 9.56. The van der Waals surface area contributed by atoms with Gasteiger partial charge in [-0.05, 0) is 30.7 Å². The van der Waals surface area contributed by atoms with E-state index in [1.54, 1.807) is 55.1 Å².